The number of carbonyl (C=O) groups is 1. The van der Waals surface area contributed by atoms with Crippen molar-refractivity contribution in [2.45, 2.75) is 38.8 Å². The molecule has 6 heteroatoms. The van der Waals surface area contributed by atoms with Crippen molar-refractivity contribution in [1.82, 2.24) is 14.5 Å². The summed E-state index contributed by atoms with van der Waals surface area (Å²) in [4.78, 5) is 19.8. The van der Waals surface area contributed by atoms with E-state index in [4.69, 9.17) is 9.72 Å². The third kappa shape index (κ3) is 4.20. The number of rotatable bonds is 7. The first-order valence-electron chi connectivity index (χ1n) is 10.9. The summed E-state index contributed by atoms with van der Waals surface area (Å²) in [6.45, 7) is 1.86. The van der Waals surface area contributed by atoms with Gasteiger partial charge in [0.1, 0.15) is 17.4 Å². The van der Waals surface area contributed by atoms with Crippen LogP contribution in [0.3, 0.4) is 0 Å². The Labute approximate surface area is 181 Å². The lowest BCUT2D eigenvalue weighted by molar-refractivity contribution is 0.0733. The molecule has 1 fully saturated rings. The van der Waals surface area contributed by atoms with E-state index in [1.54, 1.807) is 36.3 Å². The number of amides is 1. The SMILES string of the molecule is COc1cccc(C(=O)N(Cc2cc(-c3cn4c(n3)CCC4)ccc2F)CC2CC2)c1. The molecule has 3 aromatic rings. The second-order valence-electron chi connectivity index (χ2n) is 8.51. The Morgan fingerprint density at radius 1 is 1.26 bits per heavy atom. The molecule has 1 aliphatic heterocycles. The van der Waals surface area contributed by atoms with Gasteiger partial charge in [-0.15, -0.1) is 0 Å². The first kappa shape index (κ1) is 19.8. The molecule has 2 aromatic carbocycles. The lowest BCUT2D eigenvalue weighted by Crippen LogP contribution is -2.32. The first-order chi connectivity index (χ1) is 15.1. The molecule has 2 heterocycles. The van der Waals surface area contributed by atoms with Crippen LogP contribution in [-0.4, -0.2) is 34.0 Å². The summed E-state index contributed by atoms with van der Waals surface area (Å²) < 4.78 is 22.2. The highest BCUT2D eigenvalue weighted by atomic mass is 19.1. The number of hydrogen-bond acceptors (Lipinski definition) is 3. The van der Waals surface area contributed by atoms with Gasteiger partial charge in [-0.05, 0) is 61.6 Å². The zero-order chi connectivity index (χ0) is 21.4. The van der Waals surface area contributed by atoms with Gasteiger partial charge < -0.3 is 14.2 Å². The lowest BCUT2D eigenvalue weighted by atomic mass is 10.1. The van der Waals surface area contributed by atoms with E-state index in [-0.39, 0.29) is 18.3 Å². The number of aryl methyl sites for hydroxylation is 2. The van der Waals surface area contributed by atoms with Gasteiger partial charge in [0.05, 0.1) is 12.8 Å². The Bertz CT molecular complexity index is 1100. The molecule has 5 rings (SSSR count). The molecule has 5 nitrogen and oxygen atoms in total. The molecule has 0 bridgehead atoms. The van der Waals surface area contributed by atoms with Gasteiger partial charge in [-0.25, -0.2) is 9.37 Å². The highest BCUT2D eigenvalue weighted by molar-refractivity contribution is 5.94. The van der Waals surface area contributed by atoms with Gasteiger partial charge in [0.15, 0.2) is 0 Å². The maximum Gasteiger partial charge on any atom is 0.254 e. The Hall–Kier alpha value is -3.15. The van der Waals surface area contributed by atoms with Crippen molar-refractivity contribution >= 4 is 5.91 Å². The molecule has 1 amide bonds. The fraction of sp³-hybridized carbons (Fsp3) is 0.360. The maximum atomic E-state index is 14.8. The molecular weight excluding hydrogens is 393 g/mol. The summed E-state index contributed by atoms with van der Waals surface area (Å²) >= 11 is 0. The predicted octanol–water partition coefficient (Wildman–Crippen LogP) is 4.70. The summed E-state index contributed by atoms with van der Waals surface area (Å²) in [5, 5.41) is 0. The monoisotopic (exact) mass is 419 g/mol. The number of ether oxygens (including phenoxy) is 1. The molecule has 0 radical (unpaired) electrons. The molecule has 0 saturated heterocycles. The number of nitrogens with zero attached hydrogens (tertiary/aromatic N) is 3. The maximum absolute atomic E-state index is 14.8. The first-order valence-corrected chi connectivity index (χ1v) is 10.9. The van der Waals surface area contributed by atoms with Crippen LogP contribution >= 0.6 is 0 Å². The number of aromatic nitrogens is 2. The van der Waals surface area contributed by atoms with Gasteiger partial charge in [-0.2, -0.15) is 0 Å². The van der Waals surface area contributed by atoms with Gasteiger partial charge in [0.2, 0.25) is 0 Å². The Morgan fingerprint density at radius 2 is 2.13 bits per heavy atom. The van der Waals surface area contributed by atoms with Crippen LogP contribution in [0, 0.1) is 11.7 Å². The summed E-state index contributed by atoms with van der Waals surface area (Å²) in [6.07, 6.45) is 6.38. The van der Waals surface area contributed by atoms with Crippen LogP contribution in [0.2, 0.25) is 0 Å². The minimum Gasteiger partial charge on any atom is -0.497 e. The average molecular weight is 420 g/mol. The molecule has 31 heavy (non-hydrogen) atoms. The molecule has 1 saturated carbocycles. The molecular formula is C25H26FN3O2. The number of halogens is 1. The van der Waals surface area contributed by atoms with Crippen molar-refractivity contribution in [2.24, 2.45) is 5.92 Å². The molecule has 2 aliphatic rings. The normalized spacial score (nSPS) is 15.0. The zero-order valence-electron chi connectivity index (χ0n) is 17.7. The standard InChI is InChI=1S/C25H26FN3O2/c1-31-21-5-2-4-19(13-21)25(30)29(14-17-7-8-17)15-20-12-18(9-10-22(20)26)23-16-28-11-3-6-24(28)27-23/h2,4-5,9-10,12-13,16-17H,3,6-8,11,14-15H2,1H3. The summed E-state index contributed by atoms with van der Waals surface area (Å²) in [7, 11) is 1.58. The van der Waals surface area contributed by atoms with E-state index in [1.165, 1.54) is 6.07 Å². The van der Waals surface area contributed by atoms with E-state index in [0.717, 1.165) is 49.3 Å². The molecule has 0 spiro atoms. The quantitative estimate of drug-likeness (QED) is 0.558. The topological polar surface area (TPSA) is 47.4 Å². The molecule has 1 aromatic heterocycles. The van der Waals surface area contributed by atoms with Crippen molar-refractivity contribution < 1.29 is 13.9 Å². The van der Waals surface area contributed by atoms with E-state index >= 15 is 0 Å². The minimum absolute atomic E-state index is 0.100. The van der Waals surface area contributed by atoms with Crippen molar-refractivity contribution in [1.29, 1.82) is 0 Å². The molecule has 160 valence electrons. The number of carbonyl (C=O) groups excluding carboxylic acids is 1. The third-order valence-corrected chi connectivity index (χ3v) is 6.14. The highest BCUT2D eigenvalue weighted by Gasteiger charge is 2.28. The van der Waals surface area contributed by atoms with Gasteiger partial charge in [-0.1, -0.05) is 6.07 Å². The molecule has 0 atom stereocenters. The highest BCUT2D eigenvalue weighted by Crippen LogP contribution is 2.32. The Kier molecular flexibility index (Phi) is 5.22. The minimum atomic E-state index is -0.297. The van der Waals surface area contributed by atoms with Crippen molar-refractivity contribution in [3.05, 3.63) is 71.4 Å². The smallest absolute Gasteiger partial charge is 0.254 e. The van der Waals surface area contributed by atoms with E-state index in [1.807, 2.05) is 18.3 Å². The lowest BCUT2D eigenvalue weighted by Gasteiger charge is -2.23. The average Bonchev–Trinajstić information content (AvgIpc) is 3.34. The fourth-order valence-electron chi connectivity index (χ4n) is 4.22. The largest absolute Gasteiger partial charge is 0.497 e. The van der Waals surface area contributed by atoms with Gasteiger partial charge in [-0.3, -0.25) is 4.79 Å². The Morgan fingerprint density at radius 3 is 2.90 bits per heavy atom. The van der Waals surface area contributed by atoms with Crippen LogP contribution in [0.15, 0.2) is 48.7 Å². The van der Waals surface area contributed by atoms with Crippen LogP contribution in [-0.2, 0) is 19.5 Å². The van der Waals surface area contributed by atoms with Crippen LogP contribution < -0.4 is 4.74 Å². The van der Waals surface area contributed by atoms with E-state index in [9.17, 15) is 9.18 Å². The van der Waals surface area contributed by atoms with Gasteiger partial charge in [0, 0.05) is 48.9 Å². The zero-order valence-corrected chi connectivity index (χ0v) is 17.7. The van der Waals surface area contributed by atoms with E-state index in [0.29, 0.717) is 29.3 Å². The van der Waals surface area contributed by atoms with Crippen molar-refractivity contribution in [3.8, 4) is 17.0 Å². The summed E-state index contributed by atoms with van der Waals surface area (Å²) in [6, 6.07) is 12.2. The molecule has 0 unspecified atom stereocenters. The number of hydrogen-bond donors (Lipinski definition) is 0. The molecule has 1 aliphatic carbocycles. The fourth-order valence-corrected chi connectivity index (χ4v) is 4.22. The van der Waals surface area contributed by atoms with E-state index in [2.05, 4.69) is 4.57 Å². The van der Waals surface area contributed by atoms with Crippen LogP contribution in [0.5, 0.6) is 5.75 Å². The van der Waals surface area contributed by atoms with Gasteiger partial charge >= 0.3 is 0 Å². The molecule has 0 N–H and O–H groups in total. The van der Waals surface area contributed by atoms with Gasteiger partial charge in [0.25, 0.3) is 5.91 Å². The van der Waals surface area contributed by atoms with Crippen LogP contribution in [0.1, 0.15) is 41.0 Å². The number of fused-ring (bicyclic) bond motifs is 1. The summed E-state index contributed by atoms with van der Waals surface area (Å²) in [5.74, 6) is 1.82. The van der Waals surface area contributed by atoms with Crippen molar-refractivity contribution in [2.75, 3.05) is 13.7 Å². The number of imidazole rings is 1. The Balaban J connectivity index is 1.42. The van der Waals surface area contributed by atoms with Crippen LogP contribution in [0.4, 0.5) is 4.39 Å². The third-order valence-electron chi connectivity index (χ3n) is 6.14. The second-order valence-corrected chi connectivity index (χ2v) is 8.51. The number of benzene rings is 2. The van der Waals surface area contributed by atoms with E-state index < -0.39 is 0 Å². The predicted molar refractivity (Wildman–Crippen MR) is 116 cm³/mol. The van der Waals surface area contributed by atoms with Crippen molar-refractivity contribution in [3.63, 3.8) is 0 Å². The summed E-state index contributed by atoms with van der Waals surface area (Å²) in [5.41, 5.74) is 2.83. The number of methoxy groups -OCH3 is 1. The van der Waals surface area contributed by atoms with Crippen LogP contribution in [0.25, 0.3) is 11.3 Å². The second kappa shape index (κ2) is 8.17.